The summed E-state index contributed by atoms with van der Waals surface area (Å²) in [5.74, 6) is -1.39. The van der Waals surface area contributed by atoms with Crippen molar-refractivity contribution in [1.29, 1.82) is 0 Å². The number of nitrogens with one attached hydrogen (secondary N) is 2. The topological polar surface area (TPSA) is 84.5 Å². The summed E-state index contributed by atoms with van der Waals surface area (Å²) >= 11 is 11.9. The third kappa shape index (κ3) is 6.55. The van der Waals surface area contributed by atoms with Gasteiger partial charge in [-0.15, -0.1) is 0 Å². The van der Waals surface area contributed by atoms with E-state index in [1.54, 1.807) is 49.4 Å². The molecule has 148 valence electrons. The molecular weight excluding hydrogens is 403 g/mol. The van der Waals surface area contributed by atoms with E-state index in [1.165, 1.54) is 6.92 Å². The molecule has 0 fully saturated rings. The van der Waals surface area contributed by atoms with Gasteiger partial charge in [0.25, 0.3) is 5.91 Å². The number of carbonyl (C=O) groups excluding carboxylic acids is 3. The number of benzene rings is 2. The monoisotopic (exact) mass is 422 g/mol. The Morgan fingerprint density at radius 1 is 1.07 bits per heavy atom. The van der Waals surface area contributed by atoms with Crippen molar-refractivity contribution in [2.24, 2.45) is 0 Å². The molecule has 0 aliphatic heterocycles. The summed E-state index contributed by atoms with van der Waals surface area (Å²) in [5, 5.41) is 6.40. The molecule has 0 aliphatic rings. The van der Waals surface area contributed by atoms with Crippen LogP contribution >= 0.6 is 23.2 Å². The van der Waals surface area contributed by atoms with Gasteiger partial charge in [-0.25, -0.2) is 0 Å². The van der Waals surface area contributed by atoms with Crippen LogP contribution in [0.5, 0.6) is 0 Å². The lowest BCUT2D eigenvalue weighted by Gasteiger charge is -2.18. The zero-order valence-corrected chi connectivity index (χ0v) is 16.9. The first kappa shape index (κ1) is 21.7. The quantitative estimate of drug-likeness (QED) is 0.659. The molecule has 28 heavy (non-hydrogen) atoms. The summed E-state index contributed by atoms with van der Waals surface area (Å²) in [6, 6.07) is 11.3. The number of rotatable bonds is 7. The fourth-order valence-corrected chi connectivity index (χ4v) is 2.79. The highest BCUT2D eigenvalue weighted by Gasteiger charge is 2.19. The molecule has 1 atom stereocenters. The average molecular weight is 423 g/mol. The summed E-state index contributed by atoms with van der Waals surface area (Å²) in [5.41, 5.74) is 1.97. The normalized spacial score (nSPS) is 11.4. The standard InChI is InChI=1S/C20H20Cl2N2O4/c1-12-16(22)4-3-5-17(12)24-19(26)11-28-20(27)10-18(23-13(2)25)14-6-8-15(21)9-7-14/h3-9,18H,10-11H2,1-2H3,(H,23,25)(H,24,26). The minimum absolute atomic E-state index is 0.120. The highest BCUT2D eigenvalue weighted by molar-refractivity contribution is 6.31. The van der Waals surface area contributed by atoms with E-state index in [-0.39, 0.29) is 12.3 Å². The van der Waals surface area contributed by atoms with Crippen LogP contribution in [0.1, 0.15) is 30.5 Å². The van der Waals surface area contributed by atoms with Gasteiger partial charge in [-0.2, -0.15) is 0 Å². The number of anilines is 1. The lowest BCUT2D eigenvalue weighted by atomic mass is 10.0. The highest BCUT2D eigenvalue weighted by atomic mass is 35.5. The third-order valence-electron chi connectivity index (χ3n) is 3.93. The Bertz CT molecular complexity index is 869. The van der Waals surface area contributed by atoms with Crippen LogP contribution in [0.25, 0.3) is 0 Å². The van der Waals surface area contributed by atoms with Gasteiger partial charge in [0, 0.05) is 22.7 Å². The van der Waals surface area contributed by atoms with E-state index < -0.39 is 24.5 Å². The maximum atomic E-state index is 12.2. The van der Waals surface area contributed by atoms with Crippen LogP contribution in [0.15, 0.2) is 42.5 Å². The molecule has 0 aromatic heterocycles. The second kappa shape index (κ2) is 10.1. The number of hydrogen-bond acceptors (Lipinski definition) is 4. The molecule has 0 bridgehead atoms. The van der Waals surface area contributed by atoms with Gasteiger partial charge in [0.1, 0.15) is 0 Å². The number of ether oxygens (including phenoxy) is 1. The molecule has 2 aromatic rings. The molecule has 0 heterocycles. The second-order valence-electron chi connectivity index (χ2n) is 6.13. The lowest BCUT2D eigenvalue weighted by molar-refractivity contribution is -0.148. The Kier molecular flexibility index (Phi) is 7.84. The van der Waals surface area contributed by atoms with Gasteiger partial charge in [0.05, 0.1) is 12.5 Å². The van der Waals surface area contributed by atoms with Crippen LogP contribution in [-0.2, 0) is 19.1 Å². The van der Waals surface area contributed by atoms with Crippen LogP contribution in [0.4, 0.5) is 5.69 Å². The zero-order chi connectivity index (χ0) is 20.7. The molecule has 0 saturated heterocycles. The first-order chi connectivity index (χ1) is 13.3. The minimum atomic E-state index is -0.619. The summed E-state index contributed by atoms with van der Waals surface area (Å²) in [6.07, 6.45) is -0.120. The van der Waals surface area contributed by atoms with Gasteiger partial charge >= 0.3 is 5.97 Å². The van der Waals surface area contributed by atoms with Crippen LogP contribution < -0.4 is 10.6 Å². The maximum absolute atomic E-state index is 12.2. The Hall–Kier alpha value is -2.57. The van der Waals surface area contributed by atoms with Crippen molar-refractivity contribution < 1.29 is 19.1 Å². The molecule has 0 saturated carbocycles. The number of carbonyl (C=O) groups is 3. The van der Waals surface area contributed by atoms with Crippen molar-refractivity contribution in [3.8, 4) is 0 Å². The molecule has 2 N–H and O–H groups in total. The summed E-state index contributed by atoms with van der Waals surface area (Å²) in [7, 11) is 0. The average Bonchev–Trinajstić information content (AvgIpc) is 2.63. The summed E-state index contributed by atoms with van der Waals surface area (Å²) in [4.78, 5) is 35.6. The van der Waals surface area contributed by atoms with Gasteiger partial charge in [0.15, 0.2) is 6.61 Å². The number of amides is 2. The molecule has 2 amide bonds. The first-order valence-corrected chi connectivity index (χ1v) is 9.25. The van der Waals surface area contributed by atoms with E-state index in [0.717, 1.165) is 5.56 Å². The van der Waals surface area contributed by atoms with E-state index >= 15 is 0 Å². The van der Waals surface area contributed by atoms with Gasteiger partial charge in [-0.3, -0.25) is 14.4 Å². The number of esters is 1. The van der Waals surface area contributed by atoms with E-state index in [1.807, 2.05) is 0 Å². The fourth-order valence-electron chi connectivity index (χ4n) is 2.49. The first-order valence-electron chi connectivity index (χ1n) is 8.49. The van der Waals surface area contributed by atoms with Gasteiger partial charge in [0.2, 0.25) is 5.91 Å². The van der Waals surface area contributed by atoms with Crippen molar-refractivity contribution in [3.63, 3.8) is 0 Å². The van der Waals surface area contributed by atoms with Gasteiger partial charge in [-0.1, -0.05) is 41.4 Å². The molecular formula is C20H20Cl2N2O4. The van der Waals surface area contributed by atoms with Crippen LogP contribution in [-0.4, -0.2) is 24.4 Å². The Morgan fingerprint density at radius 3 is 2.39 bits per heavy atom. The SMILES string of the molecule is CC(=O)NC(CC(=O)OCC(=O)Nc1cccc(Cl)c1C)c1ccc(Cl)cc1. The van der Waals surface area contributed by atoms with E-state index in [0.29, 0.717) is 21.3 Å². The van der Waals surface area contributed by atoms with E-state index in [9.17, 15) is 14.4 Å². The Balaban J connectivity index is 1.93. The van der Waals surface area contributed by atoms with Crippen LogP contribution in [0.2, 0.25) is 10.0 Å². The van der Waals surface area contributed by atoms with Gasteiger partial charge in [-0.05, 0) is 42.3 Å². The van der Waals surface area contributed by atoms with Crippen molar-refractivity contribution in [3.05, 3.63) is 63.6 Å². The molecule has 1 unspecified atom stereocenters. The number of halogens is 2. The van der Waals surface area contributed by atoms with E-state index in [4.69, 9.17) is 27.9 Å². The smallest absolute Gasteiger partial charge is 0.308 e. The predicted octanol–water partition coefficient (Wildman–Crippen LogP) is 4.05. The van der Waals surface area contributed by atoms with Gasteiger partial charge < -0.3 is 15.4 Å². The van der Waals surface area contributed by atoms with Crippen LogP contribution in [0.3, 0.4) is 0 Å². The van der Waals surface area contributed by atoms with Crippen molar-refractivity contribution in [1.82, 2.24) is 5.32 Å². The second-order valence-corrected chi connectivity index (χ2v) is 6.97. The molecule has 2 rings (SSSR count). The largest absolute Gasteiger partial charge is 0.455 e. The lowest BCUT2D eigenvalue weighted by Crippen LogP contribution is -2.29. The zero-order valence-electron chi connectivity index (χ0n) is 15.4. The number of hydrogen-bond donors (Lipinski definition) is 2. The predicted molar refractivity (Wildman–Crippen MR) is 108 cm³/mol. The summed E-state index contributed by atoms with van der Waals surface area (Å²) in [6.45, 7) is 2.68. The molecule has 8 heteroatoms. The van der Waals surface area contributed by atoms with Crippen molar-refractivity contribution in [2.75, 3.05) is 11.9 Å². The fraction of sp³-hybridized carbons (Fsp3) is 0.250. The van der Waals surface area contributed by atoms with Crippen molar-refractivity contribution >= 4 is 46.7 Å². The molecule has 6 nitrogen and oxygen atoms in total. The minimum Gasteiger partial charge on any atom is -0.455 e. The Labute approximate surface area is 173 Å². The molecule has 0 spiro atoms. The van der Waals surface area contributed by atoms with E-state index in [2.05, 4.69) is 10.6 Å². The summed E-state index contributed by atoms with van der Waals surface area (Å²) < 4.78 is 5.04. The van der Waals surface area contributed by atoms with Crippen molar-refractivity contribution in [2.45, 2.75) is 26.3 Å². The maximum Gasteiger partial charge on any atom is 0.308 e. The molecule has 0 aliphatic carbocycles. The molecule has 0 radical (unpaired) electrons. The molecule has 2 aromatic carbocycles. The highest BCUT2D eigenvalue weighted by Crippen LogP contribution is 2.23. The third-order valence-corrected chi connectivity index (χ3v) is 4.59. The Morgan fingerprint density at radius 2 is 1.75 bits per heavy atom. The van der Waals surface area contributed by atoms with Crippen LogP contribution in [0, 0.1) is 6.92 Å².